The van der Waals surface area contributed by atoms with Crippen LogP contribution in [0.15, 0.2) is 42.6 Å². The van der Waals surface area contributed by atoms with Gasteiger partial charge in [0, 0.05) is 35.1 Å². The lowest BCUT2D eigenvalue weighted by Gasteiger charge is -2.19. The number of aliphatic hydroxyl groups excluding tert-OH is 1. The molecule has 3 heterocycles. The Balaban J connectivity index is 1.46. The summed E-state index contributed by atoms with van der Waals surface area (Å²) in [5.41, 5.74) is 2.48. The number of amides is 1. The summed E-state index contributed by atoms with van der Waals surface area (Å²) in [6, 6.07) is 9.50. The first-order chi connectivity index (χ1) is 18.9. The molecular weight excluding hydrogens is 519 g/mol. The van der Waals surface area contributed by atoms with Gasteiger partial charge in [0.05, 0.1) is 23.6 Å². The second kappa shape index (κ2) is 14.3. The van der Waals surface area contributed by atoms with Crippen LogP contribution in [0.4, 0.5) is 21.6 Å². The minimum absolute atomic E-state index is 0.00745. The van der Waals surface area contributed by atoms with E-state index in [1.165, 1.54) is 37.5 Å². The Labute approximate surface area is 234 Å². The summed E-state index contributed by atoms with van der Waals surface area (Å²) in [7, 11) is 0. The van der Waals surface area contributed by atoms with Crippen molar-refractivity contribution in [2.45, 2.75) is 51.9 Å². The van der Waals surface area contributed by atoms with Crippen LogP contribution in [0.1, 0.15) is 51.1 Å². The Kier molecular flexibility index (Phi) is 10.6. The van der Waals surface area contributed by atoms with Crippen LogP contribution in [0.2, 0.25) is 5.02 Å². The standard InChI is InChI=1S/C29H36ClFN6O2/c1-2-5-20-6-3-13-37(14-11-20)19-29(39)34-28-17-22(10-12-32-28)33-27-18-26(36-35-25(27)7-4-15-38)23-16-21(30)8-9-24(23)31/h8-10,12,16-18,20,38H,2-7,11,13-15,19H2,1H3,(H2,32,33,34,36,39). The predicted molar refractivity (Wildman–Crippen MR) is 153 cm³/mol. The molecule has 0 radical (unpaired) electrons. The number of benzene rings is 1. The Hall–Kier alpha value is -3.14. The third-order valence-corrected chi connectivity index (χ3v) is 7.19. The molecular formula is C29H36ClFN6O2. The summed E-state index contributed by atoms with van der Waals surface area (Å²) in [5.74, 6) is 0.639. The molecule has 1 amide bonds. The second-order valence-corrected chi connectivity index (χ2v) is 10.4. The van der Waals surface area contributed by atoms with Gasteiger partial charge in [-0.3, -0.25) is 9.69 Å². The van der Waals surface area contributed by atoms with Gasteiger partial charge < -0.3 is 15.7 Å². The average molecular weight is 555 g/mol. The Morgan fingerprint density at radius 3 is 2.87 bits per heavy atom. The minimum atomic E-state index is -0.457. The highest BCUT2D eigenvalue weighted by Crippen LogP contribution is 2.29. The van der Waals surface area contributed by atoms with Gasteiger partial charge in [0.25, 0.3) is 0 Å². The number of rotatable bonds is 11. The first kappa shape index (κ1) is 28.9. The first-order valence-corrected chi connectivity index (χ1v) is 14.0. The largest absolute Gasteiger partial charge is 0.396 e. The average Bonchev–Trinajstić information content (AvgIpc) is 3.14. The van der Waals surface area contributed by atoms with Crippen molar-refractivity contribution in [3.8, 4) is 11.3 Å². The lowest BCUT2D eigenvalue weighted by atomic mass is 9.96. The van der Waals surface area contributed by atoms with E-state index in [1.54, 1.807) is 24.4 Å². The van der Waals surface area contributed by atoms with Crippen molar-refractivity contribution in [1.29, 1.82) is 0 Å². The summed E-state index contributed by atoms with van der Waals surface area (Å²) in [5, 5.41) is 24.4. The van der Waals surface area contributed by atoms with Crippen molar-refractivity contribution >= 4 is 34.7 Å². The quantitative estimate of drug-likeness (QED) is 0.273. The minimum Gasteiger partial charge on any atom is -0.396 e. The number of nitrogens with one attached hydrogen (secondary N) is 2. The van der Waals surface area contributed by atoms with Gasteiger partial charge in [0.15, 0.2) is 0 Å². The topological polar surface area (TPSA) is 103 Å². The highest BCUT2D eigenvalue weighted by atomic mass is 35.5. The number of hydrogen-bond acceptors (Lipinski definition) is 7. The van der Waals surface area contributed by atoms with E-state index < -0.39 is 5.82 Å². The molecule has 1 aromatic carbocycles. The molecule has 2 aromatic heterocycles. The maximum atomic E-state index is 14.5. The number of aryl methyl sites for hydroxylation is 1. The van der Waals surface area contributed by atoms with Crippen LogP contribution in [-0.2, 0) is 11.2 Å². The molecule has 1 fully saturated rings. The zero-order valence-corrected chi connectivity index (χ0v) is 23.1. The number of nitrogens with zero attached hydrogens (tertiary/aromatic N) is 4. The molecule has 1 saturated heterocycles. The Morgan fingerprint density at radius 2 is 2.05 bits per heavy atom. The van der Waals surface area contributed by atoms with Gasteiger partial charge in [-0.15, -0.1) is 5.10 Å². The van der Waals surface area contributed by atoms with Crippen LogP contribution >= 0.6 is 11.6 Å². The van der Waals surface area contributed by atoms with E-state index in [2.05, 4.69) is 37.6 Å². The van der Waals surface area contributed by atoms with Crippen LogP contribution < -0.4 is 10.6 Å². The highest BCUT2D eigenvalue weighted by Gasteiger charge is 2.19. The number of likely N-dealkylation sites (tertiary alicyclic amines) is 1. The van der Waals surface area contributed by atoms with Gasteiger partial charge in [-0.25, -0.2) is 9.37 Å². The predicted octanol–water partition coefficient (Wildman–Crippen LogP) is 5.84. The van der Waals surface area contributed by atoms with Gasteiger partial charge in [0.1, 0.15) is 11.6 Å². The normalized spacial score (nSPS) is 16.1. The lowest BCUT2D eigenvalue weighted by Crippen LogP contribution is -2.34. The summed E-state index contributed by atoms with van der Waals surface area (Å²) >= 11 is 6.08. The highest BCUT2D eigenvalue weighted by molar-refractivity contribution is 6.30. The van der Waals surface area contributed by atoms with Crippen LogP contribution in [0.5, 0.6) is 0 Å². The molecule has 39 heavy (non-hydrogen) atoms. The van der Waals surface area contributed by atoms with E-state index in [0.717, 1.165) is 31.8 Å². The molecule has 4 rings (SSSR count). The summed E-state index contributed by atoms with van der Waals surface area (Å²) in [4.78, 5) is 19.3. The molecule has 8 nitrogen and oxygen atoms in total. The summed E-state index contributed by atoms with van der Waals surface area (Å²) in [6.45, 7) is 4.45. The van der Waals surface area contributed by atoms with E-state index in [4.69, 9.17) is 11.6 Å². The number of halogens is 2. The zero-order chi connectivity index (χ0) is 27.6. The van der Waals surface area contributed by atoms with Gasteiger partial charge in [-0.1, -0.05) is 31.4 Å². The number of aromatic nitrogens is 3. The molecule has 0 saturated carbocycles. The first-order valence-electron chi connectivity index (χ1n) is 13.6. The molecule has 1 unspecified atom stereocenters. The maximum absolute atomic E-state index is 14.5. The number of hydrogen-bond donors (Lipinski definition) is 3. The molecule has 1 atom stereocenters. The van der Waals surface area contributed by atoms with E-state index in [0.29, 0.717) is 53.0 Å². The van der Waals surface area contributed by atoms with Crippen LogP contribution in [0, 0.1) is 11.7 Å². The van der Waals surface area contributed by atoms with Gasteiger partial charge in [-0.05, 0) is 81.4 Å². The van der Waals surface area contributed by atoms with Crippen LogP contribution in [0.25, 0.3) is 11.3 Å². The summed E-state index contributed by atoms with van der Waals surface area (Å²) < 4.78 is 14.5. The van der Waals surface area contributed by atoms with E-state index in [-0.39, 0.29) is 18.1 Å². The third kappa shape index (κ3) is 8.42. The van der Waals surface area contributed by atoms with Gasteiger partial charge in [0.2, 0.25) is 5.91 Å². The van der Waals surface area contributed by atoms with E-state index in [9.17, 15) is 14.3 Å². The lowest BCUT2D eigenvalue weighted by molar-refractivity contribution is -0.117. The monoisotopic (exact) mass is 554 g/mol. The third-order valence-electron chi connectivity index (χ3n) is 6.96. The number of pyridine rings is 1. The fraction of sp³-hybridized carbons (Fsp3) is 0.448. The number of carbonyl (C=O) groups is 1. The van der Waals surface area contributed by atoms with E-state index >= 15 is 0 Å². The second-order valence-electron chi connectivity index (χ2n) is 10.0. The van der Waals surface area contributed by atoms with Crippen LogP contribution in [-0.4, -0.2) is 57.3 Å². The van der Waals surface area contributed by atoms with E-state index in [1.807, 2.05) is 0 Å². The smallest absolute Gasteiger partial charge is 0.239 e. The van der Waals surface area contributed by atoms with Crippen LogP contribution in [0.3, 0.4) is 0 Å². The molecule has 0 spiro atoms. The molecule has 0 aliphatic carbocycles. The zero-order valence-electron chi connectivity index (χ0n) is 22.3. The van der Waals surface area contributed by atoms with Crippen molar-refractivity contribution < 1.29 is 14.3 Å². The maximum Gasteiger partial charge on any atom is 0.239 e. The molecule has 1 aliphatic heterocycles. The van der Waals surface area contributed by atoms with Crippen molar-refractivity contribution in [3.05, 3.63) is 59.1 Å². The van der Waals surface area contributed by atoms with Gasteiger partial charge >= 0.3 is 0 Å². The van der Waals surface area contributed by atoms with Crippen molar-refractivity contribution in [2.75, 3.05) is 36.9 Å². The number of anilines is 3. The Morgan fingerprint density at radius 1 is 1.18 bits per heavy atom. The van der Waals surface area contributed by atoms with Gasteiger partial charge in [-0.2, -0.15) is 5.10 Å². The fourth-order valence-corrected chi connectivity index (χ4v) is 5.15. The summed E-state index contributed by atoms with van der Waals surface area (Å²) in [6.07, 6.45) is 8.55. The molecule has 10 heteroatoms. The Bertz CT molecular complexity index is 1260. The SMILES string of the molecule is CCCC1CCCN(CC(=O)Nc2cc(Nc3cc(-c4cc(Cl)ccc4F)nnc3CCCO)ccn2)CC1. The fourth-order valence-electron chi connectivity index (χ4n) is 4.98. The van der Waals surface area contributed by atoms with Crippen molar-refractivity contribution in [2.24, 2.45) is 5.92 Å². The molecule has 1 aliphatic rings. The molecule has 3 N–H and O–H groups in total. The molecule has 3 aromatic rings. The number of carbonyl (C=O) groups excluding carboxylic acids is 1. The molecule has 0 bridgehead atoms. The molecule has 208 valence electrons. The van der Waals surface area contributed by atoms with Crippen molar-refractivity contribution in [1.82, 2.24) is 20.1 Å². The van der Waals surface area contributed by atoms with Crippen molar-refractivity contribution in [3.63, 3.8) is 0 Å². The number of aliphatic hydroxyl groups is 1.